The van der Waals surface area contributed by atoms with Crippen LogP contribution in [0.1, 0.15) is 142 Å². The monoisotopic (exact) mass is 790 g/mol. The second-order valence-electron chi connectivity index (χ2n) is 13.8. The minimum atomic E-state index is -4.38. The first kappa shape index (κ1) is 52.2. The lowest BCUT2D eigenvalue weighted by Crippen LogP contribution is -2.29. The lowest BCUT2D eigenvalue weighted by molar-refractivity contribution is -0.161. The third-order valence-corrected chi connectivity index (χ3v) is 9.17. The van der Waals surface area contributed by atoms with E-state index < -0.39 is 32.5 Å². The van der Waals surface area contributed by atoms with Crippen LogP contribution in [0.3, 0.4) is 0 Å². The van der Waals surface area contributed by atoms with Gasteiger partial charge in [-0.3, -0.25) is 18.6 Å². The molecule has 0 aromatic heterocycles. The number of nitrogens with zero attached hydrogens (tertiary/aromatic N) is 1. The summed E-state index contributed by atoms with van der Waals surface area (Å²) in [5.74, 6) is -0.897. The van der Waals surface area contributed by atoms with E-state index in [9.17, 15) is 19.0 Å². The molecule has 0 radical (unpaired) electrons. The van der Waals surface area contributed by atoms with Crippen LogP contribution < -0.4 is 0 Å². The molecule has 0 bridgehead atoms. The van der Waals surface area contributed by atoms with Gasteiger partial charge in [0.15, 0.2) is 6.10 Å². The van der Waals surface area contributed by atoms with E-state index in [1.165, 1.54) is 25.7 Å². The molecule has 0 saturated carbocycles. The summed E-state index contributed by atoms with van der Waals surface area (Å²) in [4.78, 5) is 36.9. The summed E-state index contributed by atoms with van der Waals surface area (Å²) in [5.41, 5.74) is 0. The Morgan fingerprint density at radius 1 is 0.582 bits per heavy atom. The second kappa shape index (κ2) is 39.4. The average molecular weight is 790 g/mol. The van der Waals surface area contributed by atoms with Crippen molar-refractivity contribution < 1.29 is 37.6 Å². The third-order valence-electron chi connectivity index (χ3n) is 8.19. The summed E-state index contributed by atoms with van der Waals surface area (Å²) < 4.78 is 33.3. The first-order valence-corrected chi connectivity index (χ1v) is 22.4. The summed E-state index contributed by atoms with van der Waals surface area (Å²) in [6.45, 7) is 4.07. The fraction of sp³-hybridized carbons (Fsp3) is 0.644. The molecule has 2 unspecified atom stereocenters. The highest BCUT2D eigenvalue weighted by molar-refractivity contribution is 7.47. The zero-order valence-electron chi connectivity index (χ0n) is 34.8. The molecule has 0 amide bonds. The SMILES string of the molecule is CC/C=C\C/C=C\C/C=C\C/C=C\C/C=C\CCCC(=O)OCC(COP(=O)(O)OCCN(C)C)OC(=O)CCCCCCC/C=C\C/C=C\CCCCC. The van der Waals surface area contributed by atoms with Gasteiger partial charge >= 0.3 is 19.8 Å². The molecular formula is C45H76NO8P. The van der Waals surface area contributed by atoms with Crippen molar-refractivity contribution in [1.82, 2.24) is 4.90 Å². The fourth-order valence-corrected chi connectivity index (χ4v) is 5.73. The number of ether oxygens (including phenoxy) is 2. The van der Waals surface area contributed by atoms with Gasteiger partial charge in [0.25, 0.3) is 0 Å². The topological polar surface area (TPSA) is 112 Å². The van der Waals surface area contributed by atoms with Gasteiger partial charge in [-0.05, 0) is 97.6 Å². The molecule has 0 saturated heterocycles. The Labute approximate surface area is 335 Å². The highest BCUT2D eigenvalue weighted by Gasteiger charge is 2.26. The van der Waals surface area contributed by atoms with E-state index in [2.05, 4.69) is 92.8 Å². The third kappa shape index (κ3) is 40.7. The molecule has 2 atom stereocenters. The lowest BCUT2D eigenvalue weighted by atomic mass is 10.1. The number of rotatable bonds is 37. The Hall–Kier alpha value is -2.81. The molecule has 9 nitrogen and oxygen atoms in total. The maximum Gasteiger partial charge on any atom is 0.472 e. The Balaban J connectivity index is 4.46. The molecular weight excluding hydrogens is 713 g/mol. The van der Waals surface area contributed by atoms with Crippen LogP contribution in [0.5, 0.6) is 0 Å². The van der Waals surface area contributed by atoms with Crippen LogP contribution in [-0.4, -0.2) is 68.3 Å². The highest BCUT2D eigenvalue weighted by atomic mass is 31.2. The average Bonchev–Trinajstić information content (AvgIpc) is 3.15. The van der Waals surface area contributed by atoms with Gasteiger partial charge in [0.05, 0.1) is 13.2 Å². The first-order valence-electron chi connectivity index (χ1n) is 20.9. The van der Waals surface area contributed by atoms with Gasteiger partial charge in [-0.15, -0.1) is 0 Å². The number of carbonyl (C=O) groups is 2. The maximum absolute atomic E-state index is 12.6. The van der Waals surface area contributed by atoms with Gasteiger partial charge < -0.3 is 19.3 Å². The van der Waals surface area contributed by atoms with Crippen LogP contribution in [0.2, 0.25) is 0 Å². The predicted molar refractivity (Wildman–Crippen MR) is 229 cm³/mol. The zero-order chi connectivity index (χ0) is 40.5. The number of esters is 2. The van der Waals surface area contributed by atoms with E-state index in [4.69, 9.17) is 18.5 Å². The molecule has 0 aliphatic carbocycles. The van der Waals surface area contributed by atoms with Crippen molar-refractivity contribution in [3.05, 3.63) is 85.1 Å². The normalized spacial score (nSPS) is 14.3. The molecule has 0 rings (SSSR count). The molecule has 0 aliphatic rings. The first-order chi connectivity index (χ1) is 26.7. The van der Waals surface area contributed by atoms with Crippen molar-refractivity contribution in [2.45, 2.75) is 148 Å². The molecule has 0 fully saturated rings. The van der Waals surface area contributed by atoms with Crippen LogP contribution in [-0.2, 0) is 32.7 Å². The van der Waals surface area contributed by atoms with Crippen LogP contribution in [0.15, 0.2) is 85.1 Å². The van der Waals surface area contributed by atoms with Crippen molar-refractivity contribution in [2.24, 2.45) is 0 Å². The number of allylic oxidation sites excluding steroid dienone is 14. The van der Waals surface area contributed by atoms with Crippen LogP contribution in [0, 0.1) is 0 Å². The zero-order valence-corrected chi connectivity index (χ0v) is 35.7. The van der Waals surface area contributed by atoms with Crippen molar-refractivity contribution >= 4 is 19.8 Å². The largest absolute Gasteiger partial charge is 0.472 e. The van der Waals surface area contributed by atoms with Crippen molar-refractivity contribution in [1.29, 1.82) is 0 Å². The maximum atomic E-state index is 12.6. The van der Waals surface area contributed by atoms with Crippen LogP contribution in [0.4, 0.5) is 0 Å². The van der Waals surface area contributed by atoms with E-state index in [-0.39, 0.29) is 26.1 Å². The Morgan fingerprint density at radius 2 is 1.05 bits per heavy atom. The van der Waals surface area contributed by atoms with Crippen molar-refractivity contribution in [3.63, 3.8) is 0 Å². The molecule has 0 aromatic rings. The van der Waals surface area contributed by atoms with Gasteiger partial charge in [0.1, 0.15) is 6.61 Å². The molecule has 0 aliphatic heterocycles. The molecule has 55 heavy (non-hydrogen) atoms. The van der Waals surface area contributed by atoms with Gasteiger partial charge in [-0.2, -0.15) is 0 Å². The van der Waals surface area contributed by atoms with E-state index in [1.807, 2.05) is 20.2 Å². The summed E-state index contributed by atoms with van der Waals surface area (Å²) in [6, 6.07) is 0. The summed E-state index contributed by atoms with van der Waals surface area (Å²) in [6.07, 6.45) is 47.8. The summed E-state index contributed by atoms with van der Waals surface area (Å²) >= 11 is 0. The smallest absolute Gasteiger partial charge is 0.462 e. The number of phosphoric ester groups is 1. The van der Waals surface area contributed by atoms with Crippen molar-refractivity contribution in [3.8, 4) is 0 Å². The lowest BCUT2D eigenvalue weighted by Gasteiger charge is -2.20. The van der Waals surface area contributed by atoms with E-state index >= 15 is 0 Å². The number of carbonyl (C=O) groups excluding carboxylic acids is 2. The molecule has 0 spiro atoms. The summed E-state index contributed by atoms with van der Waals surface area (Å²) in [5, 5.41) is 0. The number of phosphoric acid groups is 1. The van der Waals surface area contributed by atoms with Crippen LogP contribution in [0.25, 0.3) is 0 Å². The number of hydrogen-bond donors (Lipinski definition) is 1. The minimum Gasteiger partial charge on any atom is -0.462 e. The Morgan fingerprint density at radius 3 is 1.60 bits per heavy atom. The Bertz CT molecular complexity index is 1190. The number of likely N-dealkylation sites (N-methyl/N-ethyl adjacent to an activating group) is 1. The molecule has 10 heteroatoms. The van der Waals surface area contributed by atoms with Gasteiger partial charge in [0, 0.05) is 19.4 Å². The predicted octanol–water partition coefficient (Wildman–Crippen LogP) is 11.9. The molecule has 0 aromatic carbocycles. The number of hydrogen-bond acceptors (Lipinski definition) is 8. The van der Waals surface area contributed by atoms with E-state index in [0.29, 0.717) is 19.4 Å². The Kier molecular flexibility index (Phi) is 37.4. The minimum absolute atomic E-state index is 0.00900. The van der Waals surface area contributed by atoms with Crippen LogP contribution >= 0.6 is 7.82 Å². The standard InChI is InChI=1S/C45H76NO8P/c1-5-7-9-11-13-15-17-19-21-22-24-25-27-29-31-33-35-37-44(47)51-41-43(42-53-55(49,50)52-40-39-46(3)4)54-45(48)38-36-34-32-30-28-26-23-20-18-16-14-12-10-8-6-2/h7,9,13-16,19-21,23-25,29,31,43H,5-6,8,10-12,17-18,22,26-28,30,32-42H2,1-4H3,(H,49,50)/b9-7-,15-13-,16-14-,21-19-,23-20-,25-24-,31-29-. The molecule has 1 N–H and O–H groups in total. The number of unbranched alkanes of at least 4 members (excludes halogenated alkanes) is 9. The summed E-state index contributed by atoms with van der Waals surface area (Å²) in [7, 11) is -0.755. The van der Waals surface area contributed by atoms with Gasteiger partial charge in [-0.1, -0.05) is 131 Å². The van der Waals surface area contributed by atoms with Gasteiger partial charge in [-0.25, -0.2) is 4.57 Å². The highest BCUT2D eigenvalue weighted by Crippen LogP contribution is 2.43. The second-order valence-corrected chi connectivity index (χ2v) is 15.2. The quantitative estimate of drug-likeness (QED) is 0.0284. The molecule has 314 valence electrons. The van der Waals surface area contributed by atoms with E-state index in [1.54, 1.807) is 4.90 Å². The van der Waals surface area contributed by atoms with E-state index in [0.717, 1.165) is 77.0 Å². The fourth-order valence-electron chi connectivity index (χ4n) is 4.99. The van der Waals surface area contributed by atoms with Gasteiger partial charge in [0.2, 0.25) is 0 Å². The molecule has 0 heterocycles. The van der Waals surface area contributed by atoms with Crippen molar-refractivity contribution in [2.75, 3.05) is 40.5 Å².